The summed E-state index contributed by atoms with van der Waals surface area (Å²) < 4.78 is 9.14. The molecule has 1 N–H and O–H groups in total. The zero-order chi connectivity index (χ0) is 20.4. The minimum Gasteiger partial charge on any atom is -0.491 e. The first kappa shape index (κ1) is 19.0. The van der Waals surface area contributed by atoms with Crippen LogP contribution < -0.4 is 10.3 Å². The summed E-state index contributed by atoms with van der Waals surface area (Å²) in [5.41, 5.74) is 3.06. The van der Waals surface area contributed by atoms with Gasteiger partial charge in [-0.3, -0.25) is 9.36 Å². The van der Waals surface area contributed by atoms with Crippen molar-refractivity contribution in [2.24, 2.45) is 0 Å². The lowest BCUT2D eigenvalue weighted by Crippen LogP contribution is -2.31. The maximum atomic E-state index is 13.1. The number of aliphatic hydroxyl groups is 1. The van der Waals surface area contributed by atoms with Crippen molar-refractivity contribution in [2.45, 2.75) is 26.0 Å². The third kappa shape index (κ3) is 3.67. The van der Waals surface area contributed by atoms with Gasteiger partial charge in [0.15, 0.2) is 0 Å². The van der Waals surface area contributed by atoms with E-state index in [4.69, 9.17) is 4.74 Å². The molecule has 6 heteroatoms. The topological polar surface area (TPSA) is 68.8 Å². The molecule has 148 valence electrons. The van der Waals surface area contributed by atoms with Gasteiger partial charge in [0.05, 0.1) is 23.1 Å². The molecule has 0 saturated carbocycles. The second kappa shape index (κ2) is 7.93. The average Bonchev–Trinajstić information content (AvgIpc) is 3.12. The number of ether oxygens (including phenoxy) is 1. The molecule has 0 fully saturated rings. The van der Waals surface area contributed by atoms with Crippen LogP contribution in [-0.4, -0.2) is 32.0 Å². The van der Waals surface area contributed by atoms with Gasteiger partial charge in [0, 0.05) is 6.07 Å². The van der Waals surface area contributed by atoms with Crippen LogP contribution in [0.2, 0.25) is 0 Å². The van der Waals surface area contributed by atoms with Crippen molar-refractivity contribution < 1.29 is 9.84 Å². The molecule has 29 heavy (non-hydrogen) atoms. The van der Waals surface area contributed by atoms with Gasteiger partial charge in [-0.05, 0) is 37.1 Å². The Hall–Kier alpha value is -3.38. The summed E-state index contributed by atoms with van der Waals surface area (Å²) >= 11 is 0. The first-order chi connectivity index (χ1) is 14.1. The van der Waals surface area contributed by atoms with Crippen molar-refractivity contribution in [1.82, 2.24) is 14.2 Å². The third-order valence-electron chi connectivity index (χ3n) is 4.86. The monoisotopic (exact) mass is 389 g/mol. The Morgan fingerprint density at radius 1 is 1.21 bits per heavy atom. The smallest absolute Gasteiger partial charge is 0.261 e. The number of nitrogens with zero attached hydrogens (tertiary/aromatic N) is 3. The van der Waals surface area contributed by atoms with Crippen molar-refractivity contribution in [3.63, 3.8) is 0 Å². The number of aromatic nitrogens is 3. The van der Waals surface area contributed by atoms with Gasteiger partial charge in [-0.2, -0.15) is 5.10 Å². The first-order valence-corrected chi connectivity index (χ1v) is 9.56. The van der Waals surface area contributed by atoms with Crippen molar-refractivity contribution >= 4 is 16.6 Å². The summed E-state index contributed by atoms with van der Waals surface area (Å²) in [6.45, 7) is 5.83. The van der Waals surface area contributed by atoms with Gasteiger partial charge in [0.2, 0.25) is 0 Å². The van der Waals surface area contributed by atoms with Crippen LogP contribution in [0.4, 0.5) is 0 Å². The fourth-order valence-corrected chi connectivity index (χ4v) is 3.54. The van der Waals surface area contributed by atoms with E-state index in [1.165, 1.54) is 0 Å². The molecule has 0 bridgehead atoms. The SMILES string of the molecule is C=CCc1ccccc1OCC(O)Cn1c(=O)c2ccccc2n2nc(C)cc12. The Balaban J connectivity index is 1.63. The van der Waals surface area contributed by atoms with Crippen LogP contribution in [0.25, 0.3) is 16.6 Å². The van der Waals surface area contributed by atoms with E-state index in [0.717, 1.165) is 16.8 Å². The van der Waals surface area contributed by atoms with Crippen LogP contribution in [0.15, 0.2) is 72.0 Å². The lowest BCUT2D eigenvalue weighted by atomic mass is 10.1. The number of aliphatic hydroxyl groups excluding tert-OH is 1. The number of allylic oxidation sites excluding steroid dienone is 1. The van der Waals surface area contributed by atoms with Gasteiger partial charge in [0.1, 0.15) is 24.1 Å². The predicted molar refractivity (Wildman–Crippen MR) is 114 cm³/mol. The number of rotatable bonds is 7. The molecule has 0 saturated heterocycles. The summed E-state index contributed by atoms with van der Waals surface area (Å²) in [6.07, 6.45) is 1.64. The van der Waals surface area contributed by atoms with E-state index < -0.39 is 6.10 Å². The lowest BCUT2D eigenvalue weighted by molar-refractivity contribution is 0.0921. The zero-order valence-corrected chi connectivity index (χ0v) is 16.3. The normalized spacial score (nSPS) is 12.3. The summed E-state index contributed by atoms with van der Waals surface area (Å²) in [4.78, 5) is 13.1. The molecular weight excluding hydrogens is 366 g/mol. The Bertz CT molecular complexity index is 1240. The maximum absolute atomic E-state index is 13.1. The molecular formula is C23H23N3O3. The number of fused-ring (bicyclic) bond motifs is 3. The van der Waals surface area contributed by atoms with Crippen molar-refractivity contribution in [3.8, 4) is 5.75 Å². The third-order valence-corrected chi connectivity index (χ3v) is 4.86. The lowest BCUT2D eigenvalue weighted by Gasteiger charge is -2.17. The second-order valence-corrected chi connectivity index (χ2v) is 7.05. The molecule has 0 aliphatic rings. The molecule has 0 aliphatic heterocycles. The summed E-state index contributed by atoms with van der Waals surface area (Å²) in [6, 6.07) is 16.9. The zero-order valence-electron chi connectivity index (χ0n) is 16.3. The van der Waals surface area contributed by atoms with Gasteiger partial charge in [-0.15, -0.1) is 6.58 Å². The highest BCUT2D eigenvalue weighted by molar-refractivity contribution is 5.80. The average molecular weight is 389 g/mol. The molecule has 6 nitrogen and oxygen atoms in total. The minimum atomic E-state index is -0.857. The van der Waals surface area contributed by atoms with Crippen LogP contribution in [-0.2, 0) is 13.0 Å². The van der Waals surface area contributed by atoms with E-state index >= 15 is 0 Å². The van der Waals surface area contributed by atoms with Gasteiger partial charge in [-0.1, -0.05) is 36.4 Å². The van der Waals surface area contributed by atoms with E-state index in [0.29, 0.717) is 23.2 Å². The quantitative estimate of drug-likeness (QED) is 0.493. The Morgan fingerprint density at radius 2 is 1.97 bits per heavy atom. The Labute approximate surface area is 168 Å². The molecule has 0 aliphatic carbocycles. The van der Waals surface area contributed by atoms with Crippen LogP contribution in [0.5, 0.6) is 5.75 Å². The van der Waals surface area contributed by atoms with Crippen LogP contribution in [0.3, 0.4) is 0 Å². The second-order valence-electron chi connectivity index (χ2n) is 7.05. The van der Waals surface area contributed by atoms with Crippen molar-refractivity contribution in [2.75, 3.05) is 6.61 Å². The standard InChI is InChI=1S/C23H23N3O3/c1-3-8-17-9-4-7-12-21(17)29-15-18(27)14-25-22-13-16(2)24-26(22)20-11-6-5-10-19(20)23(25)28/h3-7,9-13,18,27H,1,8,14-15H2,2H3. The van der Waals surface area contributed by atoms with Crippen molar-refractivity contribution in [1.29, 1.82) is 0 Å². The molecule has 4 rings (SSSR count). The summed E-state index contributed by atoms with van der Waals surface area (Å²) in [5, 5.41) is 15.7. The first-order valence-electron chi connectivity index (χ1n) is 9.56. The molecule has 0 radical (unpaired) electrons. The summed E-state index contributed by atoms with van der Waals surface area (Å²) in [7, 11) is 0. The Morgan fingerprint density at radius 3 is 2.79 bits per heavy atom. The molecule has 1 unspecified atom stereocenters. The highest BCUT2D eigenvalue weighted by Gasteiger charge is 2.16. The Kier molecular flexibility index (Phi) is 5.18. The van der Waals surface area contributed by atoms with Gasteiger partial charge in [0.25, 0.3) is 5.56 Å². The predicted octanol–water partition coefficient (Wildman–Crippen LogP) is 3.13. The molecule has 0 spiro atoms. The molecule has 2 aromatic heterocycles. The molecule has 2 aromatic carbocycles. The molecule has 4 aromatic rings. The van der Waals surface area contributed by atoms with E-state index in [-0.39, 0.29) is 18.7 Å². The molecule has 0 amide bonds. The van der Waals surface area contributed by atoms with Crippen LogP contribution >= 0.6 is 0 Å². The number of aryl methyl sites for hydroxylation is 1. The van der Waals surface area contributed by atoms with E-state index in [9.17, 15) is 9.90 Å². The van der Waals surface area contributed by atoms with Gasteiger partial charge >= 0.3 is 0 Å². The number of para-hydroxylation sites is 2. The highest BCUT2D eigenvalue weighted by atomic mass is 16.5. The maximum Gasteiger partial charge on any atom is 0.261 e. The van der Waals surface area contributed by atoms with Crippen LogP contribution in [0, 0.1) is 6.92 Å². The van der Waals surface area contributed by atoms with E-state index in [1.807, 2.05) is 61.5 Å². The highest BCUT2D eigenvalue weighted by Crippen LogP contribution is 2.19. The summed E-state index contributed by atoms with van der Waals surface area (Å²) in [5.74, 6) is 0.711. The van der Waals surface area contributed by atoms with E-state index in [1.54, 1.807) is 15.1 Å². The number of hydrogen-bond donors (Lipinski definition) is 1. The van der Waals surface area contributed by atoms with E-state index in [2.05, 4.69) is 11.7 Å². The largest absolute Gasteiger partial charge is 0.491 e. The van der Waals surface area contributed by atoms with Gasteiger partial charge < -0.3 is 9.84 Å². The molecule has 1 atom stereocenters. The fraction of sp³-hybridized carbons (Fsp3) is 0.217. The fourth-order valence-electron chi connectivity index (χ4n) is 3.54. The number of benzene rings is 2. The molecule has 2 heterocycles. The number of hydrogen-bond acceptors (Lipinski definition) is 4. The van der Waals surface area contributed by atoms with Crippen molar-refractivity contribution in [3.05, 3.63) is 88.9 Å². The van der Waals surface area contributed by atoms with Crippen LogP contribution in [0.1, 0.15) is 11.3 Å². The van der Waals surface area contributed by atoms with Gasteiger partial charge in [-0.25, -0.2) is 4.52 Å². The minimum absolute atomic E-state index is 0.0761.